The van der Waals surface area contributed by atoms with Crippen LogP contribution in [0.3, 0.4) is 0 Å². The number of rotatable bonds is 2. The minimum absolute atomic E-state index is 0.0503. The largest absolute Gasteiger partial charge is 0.507 e. The maximum Gasteiger partial charge on any atom is 0.163 e. The van der Waals surface area contributed by atoms with Gasteiger partial charge >= 0.3 is 0 Å². The molecule has 0 unspecified atom stereocenters. The van der Waals surface area contributed by atoms with Gasteiger partial charge in [-0.15, -0.1) is 0 Å². The fourth-order valence-corrected chi connectivity index (χ4v) is 1.30. The third-order valence-corrected chi connectivity index (χ3v) is 2.10. The molecular formula is C12H11NO2. The second-order valence-electron chi connectivity index (χ2n) is 3.24. The quantitative estimate of drug-likeness (QED) is 0.590. The topological polar surface area (TPSA) is 61.1 Å². The lowest BCUT2D eigenvalue weighted by molar-refractivity contribution is 0.101. The van der Waals surface area contributed by atoms with Gasteiger partial charge in [0, 0.05) is 6.08 Å². The standard InChI is InChI=1S/C12H11NO2/c1-8-6-11(9(2)14)12(15)7-10(8)4-3-5-13/h3-4,6-7,15H,1-2H3. The zero-order valence-electron chi connectivity index (χ0n) is 8.61. The van der Waals surface area contributed by atoms with E-state index in [9.17, 15) is 9.90 Å². The highest BCUT2D eigenvalue weighted by atomic mass is 16.3. The van der Waals surface area contributed by atoms with Crippen molar-refractivity contribution < 1.29 is 9.90 Å². The van der Waals surface area contributed by atoms with E-state index in [1.54, 1.807) is 12.1 Å². The lowest BCUT2D eigenvalue weighted by atomic mass is 10.0. The maximum atomic E-state index is 11.1. The molecule has 3 heteroatoms. The van der Waals surface area contributed by atoms with Crippen molar-refractivity contribution in [2.45, 2.75) is 13.8 Å². The minimum atomic E-state index is -0.175. The van der Waals surface area contributed by atoms with Gasteiger partial charge in [0.1, 0.15) is 5.75 Å². The van der Waals surface area contributed by atoms with E-state index in [0.717, 1.165) is 11.1 Å². The van der Waals surface area contributed by atoms with Crippen LogP contribution in [0.25, 0.3) is 6.08 Å². The van der Waals surface area contributed by atoms with Crippen LogP contribution in [0.2, 0.25) is 0 Å². The van der Waals surface area contributed by atoms with Crippen LogP contribution in [-0.4, -0.2) is 10.9 Å². The van der Waals surface area contributed by atoms with Crippen LogP contribution in [0.5, 0.6) is 5.75 Å². The number of nitrogens with zero attached hydrogens (tertiary/aromatic N) is 1. The Bertz CT molecular complexity index is 467. The Labute approximate surface area is 88.3 Å². The first-order chi connectivity index (χ1) is 7.06. The molecule has 0 fully saturated rings. The van der Waals surface area contributed by atoms with Gasteiger partial charge in [-0.3, -0.25) is 4.79 Å². The number of hydrogen-bond acceptors (Lipinski definition) is 3. The Morgan fingerprint density at radius 1 is 1.53 bits per heavy atom. The van der Waals surface area contributed by atoms with Crippen molar-refractivity contribution in [1.82, 2.24) is 0 Å². The van der Waals surface area contributed by atoms with Crippen LogP contribution in [0, 0.1) is 18.3 Å². The highest BCUT2D eigenvalue weighted by Crippen LogP contribution is 2.23. The summed E-state index contributed by atoms with van der Waals surface area (Å²) in [5, 5.41) is 17.9. The van der Waals surface area contributed by atoms with Crippen LogP contribution in [0.1, 0.15) is 28.4 Å². The summed E-state index contributed by atoms with van der Waals surface area (Å²) in [6, 6.07) is 4.98. The number of ketones is 1. The summed E-state index contributed by atoms with van der Waals surface area (Å²) in [7, 11) is 0. The highest BCUT2D eigenvalue weighted by Gasteiger charge is 2.08. The number of nitriles is 1. The smallest absolute Gasteiger partial charge is 0.163 e. The predicted octanol–water partition coefficient (Wildman–Crippen LogP) is 2.44. The second kappa shape index (κ2) is 4.43. The molecule has 15 heavy (non-hydrogen) atoms. The zero-order chi connectivity index (χ0) is 11.4. The van der Waals surface area contributed by atoms with Gasteiger partial charge in [0.2, 0.25) is 0 Å². The number of phenolic OH excluding ortho intramolecular Hbond substituents is 1. The molecule has 0 saturated carbocycles. The van der Waals surface area contributed by atoms with Crippen molar-refractivity contribution in [2.24, 2.45) is 0 Å². The lowest BCUT2D eigenvalue weighted by Gasteiger charge is -2.05. The Balaban J connectivity index is 3.26. The van der Waals surface area contributed by atoms with Crippen LogP contribution in [0.15, 0.2) is 18.2 Å². The molecule has 76 valence electrons. The molecule has 0 spiro atoms. The SMILES string of the molecule is CC(=O)c1cc(C)c(C=CC#N)cc1O. The number of Topliss-reactive ketones (excluding diaryl/α,β-unsaturated/α-hetero) is 1. The minimum Gasteiger partial charge on any atom is -0.507 e. The van der Waals surface area contributed by atoms with Crippen molar-refractivity contribution in [3.05, 3.63) is 34.9 Å². The molecule has 0 saturated heterocycles. The normalized spacial score (nSPS) is 10.2. The van der Waals surface area contributed by atoms with Gasteiger partial charge in [0.25, 0.3) is 0 Å². The van der Waals surface area contributed by atoms with E-state index in [4.69, 9.17) is 5.26 Å². The Kier molecular flexibility index (Phi) is 3.25. The average Bonchev–Trinajstić information content (AvgIpc) is 2.18. The number of aryl methyl sites for hydroxylation is 1. The Hall–Kier alpha value is -2.08. The van der Waals surface area contributed by atoms with E-state index >= 15 is 0 Å². The predicted molar refractivity (Wildman–Crippen MR) is 57.5 cm³/mol. The van der Waals surface area contributed by atoms with E-state index < -0.39 is 0 Å². The van der Waals surface area contributed by atoms with Crippen LogP contribution < -0.4 is 0 Å². The second-order valence-corrected chi connectivity index (χ2v) is 3.24. The van der Waals surface area contributed by atoms with Crippen molar-refractivity contribution in [3.63, 3.8) is 0 Å². The summed E-state index contributed by atoms with van der Waals surface area (Å²) >= 11 is 0. The molecule has 0 radical (unpaired) electrons. The number of carbonyl (C=O) groups excluding carboxylic acids is 1. The number of carbonyl (C=O) groups is 1. The molecular weight excluding hydrogens is 190 g/mol. The molecule has 0 atom stereocenters. The molecule has 1 N–H and O–H groups in total. The van der Waals surface area contributed by atoms with E-state index in [1.165, 1.54) is 19.1 Å². The monoisotopic (exact) mass is 201 g/mol. The molecule has 1 aromatic rings. The maximum absolute atomic E-state index is 11.1. The molecule has 0 aliphatic heterocycles. The lowest BCUT2D eigenvalue weighted by Crippen LogP contribution is -1.95. The molecule has 0 heterocycles. The van der Waals surface area contributed by atoms with Gasteiger partial charge in [-0.25, -0.2) is 0 Å². The van der Waals surface area contributed by atoms with Crippen molar-refractivity contribution in [1.29, 1.82) is 5.26 Å². The Morgan fingerprint density at radius 3 is 2.73 bits per heavy atom. The first-order valence-corrected chi connectivity index (χ1v) is 4.47. The van der Waals surface area contributed by atoms with Crippen LogP contribution >= 0.6 is 0 Å². The summed E-state index contributed by atoms with van der Waals surface area (Å²) in [6.45, 7) is 3.22. The fourth-order valence-electron chi connectivity index (χ4n) is 1.30. The van der Waals surface area contributed by atoms with Gasteiger partial charge in [-0.2, -0.15) is 5.26 Å². The highest BCUT2D eigenvalue weighted by molar-refractivity contribution is 5.97. The van der Waals surface area contributed by atoms with E-state index in [2.05, 4.69) is 0 Å². The number of benzene rings is 1. The molecule has 0 amide bonds. The molecule has 1 aromatic carbocycles. The van der Waals surface area contributed by atoms with Gasteiger partial charge in [0.15, 0.2) is 5.78 Å². The van der Waals surface area contributed by atoms with E-state index in [0.29, 0.717) is 5.56 Å². The van der Waals surface area contributed by atoms with Gasteiger partial charge in [-0.1, -0.05) is 0 Å². The number of allylic oxidation sites excluding steroid dienone is 1. The average molecular weight is 201 g/mol. The van der Waals surface area contributed by atoms with Crippen LogP contribution in [-0.2, 0) is 0 Å². The van der Waals surface area contributed by atoms with E-state index in [-0.39, 0.29) is 11.5 Å². The third kappa shape index (κ3) is 2.44. The van der Waals surface area contributed by atoms with Crippen molar-refractivity contribution >= 4 is 11.9 Å². The summed E-state index contributed by atoms with van der Waals surface area (Å²) in [5.41, 5.74) is 1.89. The van der Waals surface area contributed by atoms with Gasteiger partial charge < -0.3 is 5.11 Å². The summed E-state index contributed by atoms with van der Waals surface area (Å²) in [5.74, 6) is -0.225. The first kappa shape index (κ1) is 11.0. The zero-order valence-corrected chi connectivity index (χ0v) is 8.61. The van der Waals surface area contributed by atoms with Crippen LogP contribution in [0.4, 0.5) is 0 Å². The molecule has 0 aliphatic rings. The first-order valence-electron chi connectivity index (χ1n) is 4.47. The van der Waals surface area contributed by atoms with Gasteiger partial charge in [0.05, 0.1) is 11.6 Å². The molecule has 0 aliphatic carbocycles. The summed E-state index contributed by atoms with van der Waals surface area (Å²) in [6.07, 6.45) is 2.92. The Morgan fingerprint density at radius 2 is 2.20 bits per heavy atom. The summed E-state index contributed by atoms with van der Waals surface area (Å²) < 4.78 is 0. The van der Waals surface area contributed by atoms with E-state index in [1.807, 2.05) is 13.0 Å². The fraction of sp³-hybridized carbons (Fsp3) is 0.167. The third-order valence-electron chi connectivity index (χ3n) is 2.10. The molecule has 0 bridgehead atoms. The molecule has 3 nitrogen and oxygen atoms in total. The van der Waals surface area contributed by atoms with Crippen molar-refractivity contribution in [3.8, 4) is 11.8 Å². The summed E-state index contributed by atoms with van der Waals surface area (Å²) in [4.78, 5) is 11.1. The van der Waals surface area contributed by atoms with Gasteiger partial charge in [-0.05, 0) is 43.2 Å². The number of phenols is 1. The molecule has 0 aromatic heterocycles. The number of aromatic hydroxyl groups is 1. The van der Waals surface area contributed by atoms with Crippen molar-refractivity contribution in [2.75, 3.05) is 0 Å². The molecule has 1 rings (SSSR count). The number of hydrogen-bond donors (Lipinski definition) is 1.